The molecule has 0 unspecified atom stereocenters. The van der Waals surface area contributed by atoms with Crippen molar-refractivity contribution in [2.24, 2.45) is 0 Å². The van der Waals surface area contributed by atoms with Crippen LogP contribution in [-0.2, 0) is 11.4 Å². The van der Waals surface area contributed by atoms with Crippen LogP contribution in [0.5, 0.6) is 11.5 Å². The Balaban J connectivity index is 1.41. The summed E-state index contributed by atoms with van der Waals surface area (Å²) >= 11 is 0.937. The maximum Gasteiger partial charge on any atom is 0.293 e. The zero-order valence-electron chi connectivity index (χ0n) is 18.6. The van der Waals surface area contributed by atoms with Crippen molar-refractivity contribution in [2.45, 2.75) is 20.5 Å². The van der Waals surface area contributed by atoms with Crippen molar-refractivity contribution >= 4 is 29.0 Å². The molecule has 0 radical (unpaired) electrons. The van der Waals surface area contributed by atoms with Gasteiger partial charge in [0.1, 0.15) is 24.7 Å². The normalized spacial score (nSPS) is 14.7. The first kappa shape index (κ1) is 22.7. The van der Waals surface area contributed by atoms with Gasteiger partial charge in [0.25, 0.3) is 11.1 Å². The first-order valence-electron chi connectivity index (χ1n) is 10.7. The Labute approximate surface area is 198 Å². The second-order valence-electron chi connectivity index (χ2n) is 7.81. The topological polar surface area (TPSA) is 55.8 Å². The van der Waals surface area contributed by atoms with Gasteiger partial charge in [0, 0.05) is 5.56 Å². The number of aryl methyl sites for hydroxylation is 2. The zero-order valence-corrected chi connectivity index (χ0v) is 19.4. The number of benzene rings is 3. The smallest absolute Gasteiger partial charge is 0.293 e. The maximum absolute atomic E-state index is 12.9. The standard InChI is InChI=1S/C27H25NO4S/c1-19-10-12-23(13-11-19)31-15-14-28-26(29)25(33-27(28)30)17-22-8-3-4-9-24(22)32-18-21-7-5-6-20(2)16-21/h3-13,16-17H,14-15,18H2,1-2H3/b25-17-. The second kappa shape index (κ2) is 10.4. The van der Waals surface area contributed by atoms with E-state index in [1.165, 1.54) is 10.5 Å². The first-order valence-corrected chi connectivity index (χ1v) is 11.5. The molecule has 1 aliphatic heterocycles. The summed E-state index contributed by atoms with van der Waals surface area (Å²) in [5.41, 5.74) is 4.14. The lowest BCUT2D eigenvalue weighted by Gasteiger charge is -2.13. The fourth-order valence-electron chi connectivity index (χ4n) is 3.42. The Hall–Kier alpha value is -3.51. The zero-order chi connectivity index (χ0) is 23.2. The number of thioether (sulfide) groups is 1. The van der Waals surface area contributed by atoms with Gasteiger partial charge in [-0.1, -0.05) is 65.7 Å². The fraction of sp³-hybridized carbons (Fsp3) is 0.185. The Morgan fingerprint density at radius 3 is 2.45 bits per heavy atom. The molecule has 0 saturated carbocycles. The van der Waals surface area contributed by atoms with Crippen molar-refractivity contribution in [3.63, 3.8) is 0 Å². The van der Waals surface area contributed by atoms with E-state index in [9.17, 15) is 9.59 Å². The molecule has 0 spiro atoms. The summed E-state index contributed by atoms with van der Waals surface area (Å²) in [4.78, 5) is 26.9. The summed E-state index contributed by atoms with van der Waals surface area (Å²) < 4.78 is 11.7. The van der Waals surface area contributed by atoms with Gasteiger partial charge in [0.05, 0.1) is 11.4 Å². The minimum Gasteiger partial charge on any atom is -0.492 e. The van der Waals surface area contributed by atoms with Crippen LogP contribution >= 0.6 is 11.8 Å². The molecule has 3 aromatic carbocycles. The molecule has 6 heteroatoms. The van der Waals surface area contributed by atoms with Crippen molar-refractivity contribution < 1.29 is 19.1 Å². The van der Waals surface area contributed by atoms with Crippen molar-refractivity contribution in [3.8, 4) is 11.5 Å². The summed E-state index contributed by atoms with van der Waals surface area (Å²) in [6.45, 7) is 4.90. The number of carbonyl (C=O) groups is 2. The highest BCUT2D eigenvalue weighted by Crippen LogP contribution is 2.34. The van der Waals surface area contributed by atoms with Gasteiger partial charge in [-0.25, -0.2) is 0 Å². The van der Waals surface area contributed by atoms with Gasteiger partial charge >= 0.3 is 0 Å². The molecular formula is C27H25NO4S. The molecule has 4 rings (SSSR count). The molecule has 2 amide bonds. The summed E-state index contributed by atoms with van der Waals surface area (Å²) in [5, 5.41) is -0.295. The van der Waals surface area contributed by atoms with Crippen molar-refractivity contribution in [1.29, 1.82) is 0 Å². The molecule has 0 aromatic heterocycles. The third-order valence-corrected chi connectivity index (χ3v) is 6.07. The Morgan fingerprint density at radius 2 is 1.67 bits per heavy atom. The van der Waals surface area contributed by atoms with E-state index in [-0.39, 0.29) is 24.3 Å². The molecule has 0 atom stereocenters. The highest BCUT2D eigenvalue weighted by Gasteiger charge is 2.35. The number of nitrogens with zero attached hydrogens (tertiary/aromatic N) is 1. The van der Waals surface area contributed by atoms with Crippen LogP contribution < -0.4 is 9.47 Å². The minimum absolute atomic E-state index is 0.196. The molecule has 1 heterocycles. The molecular weight excluding hydrogens is 434 g/mol. The van der Waals surface area contributed by atoms with E-state index in [4.69, 9.17) is 9.47 Å². The van der Waals surface area contributed by atoms with Gasteiger partial charge in [0.15, 0.2) is 0 Å². The van der Waals surface area contributed by atoms with Crippen molar-refractivity contribution in [2.75, 3.05) is 13.2 Å². The summed E-state index contributed by atoms with van der Waals surface area (Å²) in [6, 6.07) is 23.3. The third-order valence-electron chi connectivity index (χ3n) is 5.16. The quantitative estimate of drug-likeness (QED) is 0.387. The van der Waals surface area contributed by atoms with E-state index >= 15 is 0 Å². The van der Waals surface area contributed by atoms with Crippen molar-refractivity contribution in [3.05, 3.63) is 100.0 Å². The van der Waals surface area contributed by atoms with E-state index in [0.717, 1.165) is 28.5 Å². The maximum atomic E-state index is 12.9. The fourth-order valence-corrected chi connectivity index (χ4v) is 4.27. The lowest BCUT2D eigenvalue weighted by molar-refractivity contribution is -0.123. The summed E-state index contributed by atoms with van der Waals surface area (Å²) in [7, 11) is 0. The van der Waals surface area contributed by atoms with E-state index in [1.54, 1.807) is 6.08 Å². The SMILES string of the molecule is Cc1ccc(OCCN2C(=O)S/C(=C\c3ccccc3OCc3cccc(C)c3)C2=O)cc1. The number of imide groups is 1. The molecule has 1 aliphatic rings. The van der Waals surface area contributed by atoms with E-state index in [2.05, 4.69) is 6.07 Å². The molecule has 1 fully saturated rings. The Kier molecular flexibility index (Phi) is 7.15. The largest absolute Gasteiger partial charge is 0.492 e. The lowest BCUT2D eigenvalue weighted by Crippen LogP contribution is -2.32. The number of para-hydroxylation sites is 1. The van der Waals surface area contributed by atoms with Gasteiger partial charge in [-0.2, -0.15) is 0 Å². The predicted octanol–water partition coefficient (Wildman–Crippen LogP) is 6.00. The number of rotatable bonds is 8. The molecule has 0 N–H and O–H groups in total. The molecule has 5 nitrogen and oxygen atoms in total. The van der Waals surface area contributed by atoms with Gasteiger partial charge in [0.2, 0.25) is 0 Å². The second-order valence-corrected chi connectivity index (χ2v) is 8.80. The molecule has 33 heavy (non-hydrogen) atoms. The number of hydrogen-bond donors (Lipinski definition) is 0. The third kappa shape index (κ3) is 5.84. The number of amides is 2. The highest BCUT2D eigenvalue weighted by molar-refractivity contribution is 8.18. The van der Waals surface area contributed by atoms with Crippen LogP contribution in [0.15, 0.2) is 77.7 Å². The molecule has 3 aromatic rings. The van der Waals surface area contributed by atoms with E-state index in [1.807, 2.05) is 80.6 Å². The first-order chi connectivity index (χ1) is 16.0. The van der Waals surface area contributed by atoms with Crippen LogP contribution in [0.4, 0.5) is 4.79 Å². The van der Waals surface area contributed by atoms with Gasteiger partial charge in [-0.15, -0.1) is 0 Å². The van der Waals surface area contributed by atoms with Crippen LogP contribution in [0.25, 0.3) is 6.08 Å². The van der Waals surface area contributed by atoms with Crippen LogP contribution in [0.1, 0.15) is 22.3 Å². The van der Waals surface area contributed by atoms with Crippen LogP contribution in [0.2, 0.25) is 0 Å². The van der Waals surface area contributed by atoms with Crippen LogP contribution in [-0.4, -0.2) is 29.2 Å². The molecule has 168 valence electrons. The minimum atomic E-state index is -0.314. The summed E-state index contributed by atoms with van der Waals surface area (Å²) in [6.07, 6.45) is 1.72. The molecule has 1 saturated heterocycles. The lowest BCUT2D eigenvalue weighted by atomic mass is 10.1. The predicted molar refractivity (Wildman–Crippen MR) is 131 cm³/mol. The van der Waals surface area contributed by atoms with Gasteiger partial charge in [-0.3, -0.25) is 14.5 Å². The van der Waals surface area contributed by atoms with E-state index in [0.29, 0.717) is 23.0 Å². The van der Waals surface area contributed by atoms with Crippen LogP contribution in [0, 0.1) is 13.8 Å². The van der Waals surface area contributed by atoms with E-state index < -0.39 is 0 Å². The van der Waals surface area contributed by atoms with Gasteiger partial charge in [-0.05, 0) is 55.4 Å². The van der Waals surface area contributed by atoms with Crippen LogP contribution in [0.3, 0.4) is 0 Å². The Bertz CT molecular complexity index is 1190. The number of ether oxygens (including phenoxy) is 2. The molecule has 0 aliphatic carbocycles. The average Bonchev–Trinajstić information content (AvgIpc) is 3.07. The van der Waals surface area contributed by atoms with Gasteiger partial charge < -0.3 is 9.47 Å². The highest BCUT2D eigenvalue weighted by atomic mass is 32.2. The monoisotopic (exact) mass is 459 g/mol. The summed E-state index contributed by atoms with van der Waals surface area (Å²) in [5.74, 6) is 1.06. The number of hydrogen-bond acceptors (Lipinski definition) is 5. The molecule has 0 bridgehead atoms. The number of carbonyl (C=O) groups excluding carboxylic acids is 2. The Morgan fingerprint density at radius 1 is 0.879 bits per heavy atom. The van der Waals surface area contributed by atoms with Crippen molar-refractivity contribution in [1.82, 2.24) is 4.90 Å². The average molecular weight is 460 g/mol.